The van der Waals surface area contributed by atoms with Crippen molar-refractivity contribution in [1.29, 1.82) is 0 Å². The van der Waals surface area contributed by atoms with Crippen LogP contribution < -0.4 is 10.6 Å². The minimum atomic E-state index is -0.243. The van der Waals surface area contributed by atoms with Crippen LogP contribution in [0, 0.1) is 0 Å². The predicted molar refractivity (Wildman–Crippen MR) is 72.1 cm³/mol. The number of rotatable bonds is 5. The number of carbonyl (C=O) groups is 1. The first-order valence-corrected chi connectivity index (χ1v) is 6.61. The van der Waals surface area contributed by atoms with Crippen LogP contribution in [0.3, 0.4) is 0 Å². The zero-order valence-corrected chi connectivity index (χ0v) is 11.4. The third-order valence-electron chi connectivity index (χ3n) is 3.17. The van der Waals surface area contributed by atoms with Gasteiger partial charge >= 0.3 is 0 Å². The minimum Gasteiger partial charge on any atom is -0.373 e. The van der Waals surface area contributed by atoms with E-state index in [-0.39, 0.29) is 11.5 Å². The maximum absolute atomic E-state index is 11.9. The zero-order chi connectivity index (χ0) is 13.7. The summed E-state index contributed by atoms with van der Waals surface area (Å²) in [5, 5.41) is 5.88. The van der Waals surface area contributed by atoms with E-state index in [0.717, 1.165) is 26.0 Å². The first-order valence-electron chi connectivity index (χ1n) is 6.61. The molecule has 1 aliphatic rings. The van der Waals surface area contributed by atoms with Crippen LogP contribution in [0.1, 0.15) is 37.2 Å². The number of carbonyl (C=O) groups excluding carboxylic acids is 1. The summed E-state index contributed by atoms with van der Waals surface area (Å²) in [6.45, 7) is 6.03. The molecule has 104 valence electrons. The molecule has 0 saturated carbocycles. The number of amides is 1. The molecule has 1 saturated heterocycles. The summed E-state index contributed by atoms with van der Waals surface area (Å²) < 4.78 is 5.62. The van der Waals surface area contributed by atoms with Crippen LogP contribution in [0.15, 0.2) is 12.4 Å². The molecule has 2 rings (SSSR count). The second-order valence-corrected chi connectivity index (χ2v) is 4.90. The molecule has 6 nitrogen and oxygen atoms in total. The summed E-state index contributed by atoms with van der Waals surface area (Å²) in [4.78, 5) is 20.1. The molecule has 19 heavy (non-hydrogen) atoms. The van der Waals surface area contributed by atoms with E-state index in [9.17, 15) is 4.79 Å². The average Bonchev–Trinajstić information content (AvgIpc) is 2.85. The SMILES string of the molecule is CCNc1cnc(C(=O)NCC2(C)CCCO2)cn1. The molecule has 1 fully saturated rings. The minimum absolute atomic E-state index is 0.215. The molecule has 1 aromatic rings. The van der Waals surface area contributed by atoms with E-state index in [4.69, 9.17) is 4.74 Å². The highest BCUT2D eigenvalue weighted by Crippen LogP contribution is 2.23. The Hall–Kier alpha value is -1.69. The van der Waals surface area contributed by atoms with Gasteiger partial charge in [0.2, 0.25) is 0 Å². The summed E-state index contributed by atoms with van der Waals surface area (Å²) in [6.07, 6.45) is 5.05. The van der Waals surface area contributed by atoms with Crippen LogP contribution in [0.25, 0.3) is 0 Å². The average molecular weight is 264 g/mol. The van der Waals surface area contributed by atoms with E-state index in [2.05, 4.69) is 20.6 Å². The molecule has 1 unspecified atom stereocenters. The van der Waals surface area contributed by atoms with Crippen molar-refractivity contribution in [3.63, 3.8) is 0 Å². The summed E-state index contributed by atoms with van der Waals surface area (Å²) in [5.41, 5.74) is 0.0792. The number of ether oxygens (including phenoxy) is 1. The third kappa shape index (κ3) is 3.64. The number of anilines is 1. The highest BCUT2D eigenvalue weighted by Gasteiger charge is 2.30. The Morgan fingerprint density at radius 1 is 1.47 bits per heavy atom. The molecule has 1 amide bonds. The molecule has 0 spiro atoms. The van der Waals surface area contributed by atoms with Gasteiger partial charge in [0.25, 0.3) is 5.91 Å². The van der Waals surface area contributed by atoms with Gasteiger partial charge in [-0.2, -0.15) is 0 Å². The first-order chi connectivity index (χ1) is 9.13. The van der Waals surface area contributed by atoms with Crippen molar-refractivity contribution in [2.24, 2.45) is 0 Å². The Morgan fingerprint density at radius 3 is 2.89 bits per heavy atom. The topological polar surface area (TPSA) is 76.1 Å². The molecular formula is C13H20N4O2. The van der Waals surface area contributed by atoms with Crippen molar-refractivity contribution < 1.29 is 9.53 Å². The van der Waals surface area contributed by atoms with E-state index in [0.29, 0.717) is 18.1 Å². The van der Waals surface area contributed by atoms with E-state index in [1.807, 2.05) is 13.8 Å². The van der Waals surface area contributed by atoms with Gasteiger partial charge in [-0.05, 0) is 26.7 Å². The molecular weight excluding hydrogens is 244 g/mol. The number of hydrogen-bond acceptors (Lipinski definition) is 5. The Balaban J connectivity index is 1.88. The maximum Gasteiger partial charge on any atom is 0.271 e. The van der Waals surface area contributed by atoms with Gasteiger partial charge in [0.05, 0.1) is 18.0 Å². The molecule has 1 aromatic heterocycles. The van der Waals surface area contributed by atoms with Crippen LogP contribution in [0.2, 0.25) is 0 Å². The lowest BCUT2D eigenvalue weighted by atomic mass is 10.0. The second kappa shape index (κ2) is 5.97. The van der Waals surface area contributed by atoms with Crippen molar-refractivity contribution in [3.8, 4) is 0 Å². The fourth-order valence-corrected chi connectivity index (χ4v) is 2.05. The molecule has 0 aromatic carbocycles. The van der Waals surface area contributed by atoms with Crippen LogP contribution in [-0.4, -0.2) is 41.2 Å². The Morgan fingerprint density at radius 2 is 2.32 bits per heavy atom. The molecule has 0 bridgehead atoms. The standard InChI is InChI=1S/C13H20N4O2/c1-3-14-11-8-15-10(7-16-11)12(18)17-9-13(2)5-4-6-19-13/h7-8H,3-6,9H2,1-2H3,(H,14,16)(H,17,18). The highest BCUT2D eigenvalue weighted by atomic mass is 16.5. The zero-order valence-electron chi connectivity index (χ0n) is 11.4. The van der Waals surface area contributed by atoms with Crippen LogP contribution in [0.5, 0.6) is 0 Å². The smallest absolute Gasteiger partial charge is 0.271 e. The Bertz CT molecular complexity index is 427. The predicted octanol–water partition coefficient (Wildman–Crippen LogP) is 1.21. The molecule has 1 atom stereocenters. The normalized spacial score (nSPS) is 22.2. The number of nitrogens with one attached hydrogen (secondary N) is 2. The van der Waals surface area contributed by atoms with Gasteiger partial charge < -0.3 is 15.4 Å². The molecule has 0 radical (unpaired) electrons. The van der Waals surface area contributed by atoms with Crippen molar-refractivity contribution >= 4 is 11.7 Å². The van der Waals surface area contributed by atoms with E-state index < -0.39 is 0 Å². The van der Waals surface area contributed by atoms with E-state index in [1.165, 1.54) is 6.20 Å². The third-order valence-corrected chi connectivity index (χ3v) is 3.17. The van der Waals surface area contributed by atoms with Crippen LogP contribution in [0.4, 0.5) is 5.82 Å². The van der Waals surface area contributed by atoms with Crippen molar-refractivity contribution in [1.82, 2.24) is 15.3 Å². The molecule has 2 heterocycles. The van der Waals surface area contributed by atoms with Crippen LogP contribution in [-0.2, 0) is 4.74 Å². The van der Waals surface area contributed by atoms with Gasteiger partial charge in [-0.25, -0.2) is 9.97 Å². The Labute approximate surface area is 113 Å². The van der Waals surface area contributed by atoms with Gasteiger partial charge in [-0.1, -0.05) is 0 Å². The highest BCUT2D eigenvalue weighted by molar-refractivity contribution is 5.92. The molecule has 2 N–H and O–H groups in total. The van der Waals surface area contributed by atoms with Gasteiger partial charge in [0.15, 0.2) is 0 Å². The van der Waals surface area contributed by atoms with E-state index in [1.54, 1.807) is 6.20 Å². The first kappa shape index (κ1) is 13.7. The number of hydrogen-bond donors (Lipinski definition) is 2. The lowest BCUT2D eigenvalue weighted by Gasteiger charge is -2.23. The molecule has 6 heteroatoms. The summed E-state index contributed by atoms with van der Waals surface area (Å²) >= 11 is 0. The van der Waals surface area contributed by atoms with E-state index >= 15 is 0 Å². The number of nitrogens with zero attached hydrogens (tertiary/aromatic N) is 2. The quantitative estimate of drug-likeness (QED) is 0.836. The largest absolute Gasteiger partial charge is 0.373 e. The molecule has 0 aliphatic carbocycles. The second-order valence-electron chi connectivity index (χ2n) is 4.90. The monoisotopic (exact) mass is 264 g/mol. The summed E-state index contributed by atoms with van der Waals surface area (Å²) in [6, 6.07) is 0. The lowest BCUT2D eigenvalue weighted by molar-refractivity contribution is 0.0205. The van der Waals surface area contributed by atoms with Gasteiger partial charge in [0, 0.05) is 19.7 Å². The summed E-state index contributed by atoms with van der Waals surface area (Å²) in [7, 11) is 0. The lowest BCUT2D eigenvalue weighted by Crippen LogP contribution is -2.40. The van der Waals surface area contributed by atoms with Crippen molar-refractivity contribution in [2.75, 3.05) is 25.0 Å². The fourth-order valence-electron chi connectivity index (χ4n) is 2.05. The van der Waals surface area contributed by atoms with Crippen LogP contribution >= 0.6 is 0 Å². The van der Waals surface area contributed by atoms with Gasteiger partial charge in [0.1, 0.15) is 11.5 Å². The maximum atomic E-state index is 11.9. The van der Waals surface area contributed by atoms with Gasteiger partial charge in [-0.3, -0.25) is 4.79 Å². The van der Waals surface area contributed by atoms with Gasteiger partial charge in [-0.15, -0.1) is 0 Å². The fraction of sp³-hybridized carbons (Fsp3) is 0.615. The molecule has 1 aliphatic heterocycles. The number of aromatic nitrogens is 2. The van der Waals surface area contributed by atoms with Crippen molar-refractivity contribution in [3.05, 3.63) is 18.1 Å². The van der Waals surface area contributed by atoms with Crippen molar-refractivity contribution in [2.45, 2.75) is 32.3 Å². The summed E-state index contributed by atoms with van der Waals surface area (Å²) in [5.74, 6) is 0.456. The Kier molecular flexibility index (Phi) is 4.31.